The van der Waals surface area contributed by atoms with Crippen molar-refractivity contribution < 1.29 is 9.90 Å². The van der Waals surface area contributed by atoms with Gasteiger partial charge in [-0.25, -0.2) is 4.98 Å². The summed E-state index contributed by atoms with van der Waals surface area (Å²) in [6, 6.07) is 15.4. The maximum atomic E-state index is 11.6. The van der Waals surface area contributed by atoms with Gasteiger partial charge in [-0.05, 0) is 23.8 Å². The topological polar surface area (TPSA) is 55.1 Å². The Balaban J connectivity index is 2.01. The Morgan fingerprint density at radius 1 is 1.15 bits per heavy atom. The van der Waals surface area contributed by atoms with E-state index in [2.05, 4.69) is 17.1 Å². The highest BCUT2D eigenvalue weighted by molar-refractivity contribution is 5.99. The van der Waals surface area contributed by atoms with Crippen molar-refractivity contribution in [2.45, 2.75) is 6.54 Å². The standard InChI is InChI=1S/C16H14N2O2/c19-10-16(20)13-6-7-14-15(8-13)18(11-17-14)9-12-4-2-1-3-5-12/h1-8,11,19H,9-10H2. The van der Waals surface area contributed by atoms with E-state index in [0.29, 0.717) is 12.1 Å². The van der Waals surface area contributed by atoms with Crippen LogP contribution in [0.25, 0.3) is 11.0 Å². The van der Waals surface area contributed by atoms with Gasteiger partial charge in [0.2, 0.25) is 0 Å². The normalized spacial score (nSPS) is 10.8. The second-order valence-electron chi connectivity index (χ2n) is 4.64. The Hall–Kier alpha value is -2.46. The van der Waals surface area contributed by atoms with Gasteiger partial charge in [0.05, 0.1) is 17.4 Å². The lowest BCUT2D eigenvalue weighted by Crippen LogP contribution is -2.04. The third-order valence-corrected chi connectivity index (χ3v) is 3.28. The molecule has 4 heteroatoms. The molecule has 1 aromatic heterocycles. The van der Waals surface area contributed by atoms with Gasteiger partial charge in [-0.1, -0.05) is 30.3 Å². The molecule has 2 aromatic carbocycles. The number of carbonyl (C=O) groups is 1. The van der Waals surface area contributed by atoms with Crippen LogP contribution in [0.4, 0.5) is 0 Å². The van der Waals surface area contributed by atoms with Gasteiger partial charge >= 0.3 is 0 Å². The SMILES string of the molecule is O=C(CO)c1ccc2ncn(Cc3ccccc3)c2c1. The van der Waals surface area contributed by atoms with E-state index < -0.39 is 6.61 Å². The molecule has 0 aliphatic rings. The van der Waals surface area contributed by atoms with Crippen LogP contribution < -0.4 is 0 Å². The first-order valence-electron chi connectivity index (χ1n) is 6.41. The summed E-state index contributed by atoms with van der Waals surface area (Å²) in [7, 11) is 0. The van der Waals surface area contributed by atoms with E-state index in [1.165, 1.54) is 5.56 Å². The molecule has 4 nitrogen and oxygen atoms in total. The zero-order valence-corrected chi connectivity index (χ0v) is 10.9. The van der Waals surface area contributed by atoms with E-state index in [-0.39, 0.29) is 5.78 Å². The number of imidazole rings is 1. The Bertz CT molecular complexity index is 748. The molecule has 0 bridgehead atoms. The molecule has 0 aliphatic carbocycles. The quantitative estimate of drug-likeness (QED) is 0.737. The molecule has 0 atom stereocenters. The van der Waals surface area contributed by atoms with Crippen LogP contribution in [0.1, 0.15) is 15.9 Å². The second-order valence-corrected chi connectivity index (χ2v) is 4.64. The summed E-state index contributed by atoms with van der Waals surface area (Å²) in [6.45, 7) is 0.229. The van der Waals surface area contributed by atoms with Crippen LogP contribution >= 0.6 is 0 Å². The summed E-state index contributed by atoms with van der Waals surface area (Å²) in [5.74, 6) is -0.278. The Kier molecular flexibility index (Phi) is 3.31. The van der Waals surface area contributed by atoms with Crippen LogP contribution in [-0.4, -0.2) is 27.0 Å². The van der Waals surface area contributed by atoms with E-state index in [0.717, 1.165) is 11.0 Å². The molecule has 0 spiro atoms. The van der Waals surface area contributed by atoms with E-state index in [1.54, 1.807) is 24.5 Å². The van der Waals surface area contributed by atoms with Crippen LogP contribution in [0.3, 0.4) is 0 Å². The van der Waals surface area contributed by atoms with Crippen molar-refractivity contribution in [2.24, 2.45) is 0 Å². The van der Waals surface area contributed by atoms with Crippen LogP contribution in [0, 0.1) is 0 Å². The van der Waals surface area contributed by atoms with E-state index in [1.807, 2.05) is 22.8 Å². The molecule has 0 aliphatic heterocycles. The molecule has 1 N–H and O–H groups in total. The lowest BCUT2D eigenvalue weighted by Gasteiger charge is -2.05. The monoisotopic (exact) mass is 266 g/mol. The van der Waals surface area contributed by atoms with Crippen LogP contribution in [-0.2, 0) is 6.54 Å². The average molecular weight is 266 g/mol. The second kappa shape index (κ2) is 5.27. The van der Waals surface area contributed by atoms with Crippen molar-refractivity contribution in [3.05, 3.63) is 66.0 Å². The predicted molar refractivity (Wildman–Crippen MR) is 76.7 cm³/mol. The third kappa shape index (κ3) is 2.33. The minimum absolute atomic E-state index is 0.278. The Morgan fingerprint density at radius 3 is 2.70 bits per heavy atom. The van der Waals surface area contributed by atoms with Crippen molar-refractivity contribution in [2.75, 3.05) is 6.61 Å². The van der Waals surface area contributed by atoms with Crippen molar-refractivity contribution in [3.63, 3.8) is 0 Å². The number of benzene rings is 2. The third-order valence-electron chi connectivity index (χ3n) is 3.28. The maximum absolute atomic E-state index is 11.6. The number of nitrogens with zero attached hydrogens (tertiary/aromatic N) is 2. The molecule has 1 heterocycles. The van der Waals surface area contributed by atoms with Crippen molar-refractivity contribution in [3.8, 4) is 0 Å². The van der Waals surface area contributed by atoms with Gasteiger partial charge < -0.3 is 9.67 Å². The Morgan fingerprint density at radius 2 is 1.95 bits per heavy atom. The van der Waals surface area contributed by atoms with Gasteiger partial charge in [0.15, 0.2) is 5.78 Å². The van der Waals surface area contributed by atoms with Gasteiger partial charge in [0.1, 0.15) is 6.61 Å². The highest BCUT2D eigenvalue weighted by Gasteiger charge is 2.08. The summed E-state index contributed by atoms with van der Waals surface area (Å²) < 4.78 is 2.00. The molecule has 0 amide bonds. The smallest absolute Gasteiger partial charge is 0.188 e. The lowest BCUT2D eigenvalue weighted by molar-refractivity contribution is 0.0904. The van der Waals surface area contributed by atoms with Crippen LogP contribution in [0.5, 0.6) is 0 Å². The molecule has 0 saturated heterocycles. The number of aliphatic hydroxyl groups excluding tert-OH is 1. The van der Waals surface area contributed by atoms with Crippen molar-refractivity contribution in [1.29, 1.82) is 0 Å². The zero-order valence-electron chi connectivity index (χ0n) is 10.9. The molecule has 0 fully saturated rings. The van der Waals surface area contributed by atoms with Crippen molar-refractivity contribution in [1.82, 2.24) is 9.55 Å². The van der Waals surface area contributed by atoms with Gasteiger partial charge in [0.25, 0.3) is 0 Å². The minimum atomic E-state index is -0.474. The van der Waals surface area contributed by atoms with Gasteiger partial charge in [-0.2, -0.15) is 0 Å². The van der Waals surface area contributed by atoms with Crippen LogP contribution in [0.2, 0.25) is 0 Å². The number of aromatic nitrogens is 2. The summed E-state index contributed by atoms with van der Waals surface area (Å²) in [5, 5.41) is 8.94. The highest BCUT2D eigenvalue weighted by atomic mass is 16.3. The first kappa shape index (κ1) is 12.6. The van der Waals surface area contributed by atoms with E-state index in [4.69, 9.17) is 5.11 Å². The summed E-state index contributed by atoms with van der Waals surface area (Å²) in [5.41, 5.74) is 3.42. The first-order valence-corrected chi connectivity index (χ1v) is 6.41. The van der Waals surface area contributed by atoms with Gasteiger partial charge in [-0.15, -0.1) is 0 Å². The summed E-state index contributed by atoms with van der Waals surface area (Å²) >= 11 is 0. The zero-order chi connectivity index (χ0) is 13.9. The fourth-order valence-corrected chi connectivity index (χ4v) is 2.23. The molecule has 0 radical (unpaired) electrons. The average Bonchev–Trinajstić information content (AvgIpc) is 2.90. The molecule has 0 unspecified atom stereocenters. The number of Topliss-reactive ketones (excluding diaryl/α,β-unsaturated/α-hetero) is 1. The van der Waals surface area contributed by atoms with Crippen molar-refractivity contribution >= 4 is 16.8 Å². The number of ketones is 1. The fraction of sp³-hybridized carbons (Fsp3) is 0.125. The Labute approximate surface area is 116 Å². The summed E-state index contributed by atoms with van der Waals surface area (Å²) in [6.07, 6.45) is 1.77. The molecule has 0 saturated carbocycles. The first-order chi connectivity index (χ1) is 9.78. The number of fused-ring (bicyclic) bond motifs is 1. The highest BCUT2D eigenvalue weighted by Crippen LogP contribution is 2.17. The lowest BCUT2D eigenvalue weighted by atomic mass is 10.1. The largest absolute Gasteiger partial charge is 0.388 e. The van der Waals surface area contributed by atoms with Gasteiger partial charge in [0, 0.05) is 12.1 Å². The minimum Gasteiger partial charge on any atom is -0.388 e. The number of hydrogen-bond donors (Lipinski definition) is 1. The number of aliphatic hydroxyl groups is 1. The van der Waals surface area contributed by atoms with E-state index in [9.17, 15) is 4.79 Å². The molecular formula is C16H14N2O2. The van der Waals surface area contributed by atoms with Crippen LogP contribution in [0.15, 0.2) is 54.9 Å². The van der Waals surface area contributed by atoms with E-state index >= 15 is 0 Å². The maximum Gasteiger partial charge on any atom is 0.188 e. The van der Waals surface area contributed by atoms with Gasteiger partial charge in [-0.3, -0.25) is 4.79 Å². The fourth-order valence-electron chi connectivity index (χ4n) is 2.23. The number of carbonyl (C=O) groups excluding carboxylic acids is 1. The molecular weight excluding hydrogens is 252 g/mol. The molecule has 100 valence electrons. The molecule has 20 heavy (non-hydrogen) atoms. The number of rotatable bonds is 4. The molecule has 3 rings (SSSR count). The number of hydrogen-bond acceptors (Lipinski definition) is 3. The molecule has 3 aromatic rings. The summed E-state index contributed by atoms with van der Waals surface area (Å²) in [4.78, 5) is 15.9. The predicted octanol–water partition coefficient (Wildman–Crippen LogP) is 2.26.